The predicted octanol–water partition coefficient (Wildman–Crippen LogP) is 1.16. The fourth-order valence-electron chi connectivity index (χ4n) is 2.37. The third kappa shape index (κ3) is 4.11. The van der Waals surface area contributed by atoms with Gasteiger partial charge in [-0.25, -0.2) is 0 Å². The minimum atomic E-state index is 0.205. The van der Waals surface area contributed by atoms with Gasteiger partial charge in [-0.2, -0.15) is 0 Å². The van der Waals surface area contributed by atoms with Gasteiger partial charge in [0.1, 0.15) is 5.78 Å². The van der Waals surface area contributed by atoms with Gasteiger partial charge >= 0.3 is 0 Å². The molecule has 1 heterocycles. The maximum absolute atomic E-state index is 11.9. The van der Waals surface area contributed by atoms with Crippen LogP contribution in [0.1, 0.15) is 33.6 Å². The lowest BCUT2D eigenvalue weighted by molar-refractivity contribution is -0.132. The Hall–Kier alpha value is -0.900. The van der Waals surface area contributed by atoms with E-state index in [9.17, 15) is 9.59 Å². The zero-order valence-corrected chi connectivity index (χ0v) is 11.2. The van der Waals surface area contributed by atoms with Crippen molar-refractivity contribution < 1.29 is 9.59 Å². The molecular formula is C13H24N2O2. The third-order valence-corrected chi connectivity index (χ3v) is 3.64. The maximum atomic E-state index is 11.9. The number of carbonyl (C=O) groups is 2. The van der Waals surface area contributed by atoms with Crippen LogP contribution in [0.25, 0.3) is 0 Å². The molecule has 0 radical (unpaired) electrons. The molecule has 1 fully saturated rings. The molecule has 0 aromatic heterocycles. The minimum absolute atomic E-state index is 0.205. The van der Waals surface area contributed by atoms with Crippen molar-refractivity contribution in [1.29, 1.82) is 0 Å². The second kappa shape index (κ2) is 6.74. The smallest absolute Gasteiger partial charge is 0.236 e. The number of amides is 1. The Morgan fingerprint density at radius 3 is 2.12 bits per heavy atom. The predicted molar refractivity (Wildman–Crippen MR) is 67.8 cm³/mol. The Labute approximate surface area is 104 Å². The van der Waals surface area contributed by atoms with Crippen LogP contribution in [0, 0.1) is 5.92 Å². The number of rotatable bonds is 5. The summed E-state index contributed by atoms with van der Waals surface area (Å²) in [6.45, 7) is 9.48. The highest BCUT2D eigenvalue weighted by molar-refractivity contribution is 5.79. The van der Waals surface area contributed by atoms with Crippen molar-refractivity contribution in [3.63, 3.8) is 0 Å². The first-order valence-electron chi connectivity index (χ1n) is 6.59. The number of nitrogens with zero attached hydrogens (tertiary/aromatic N) is 2. The van der Waals surface area contributed by atoms with Gasteiger partial charge in [-0.1, -0.05) is 0 Å². The SMILES string of the molecule is CCN(CC)C(=O)CN1CCC(C(C)=O)CC1. The Kier molecular flexibility index (Phi) is 5.62. The van der Waals surface area contributed by atoms with E-state index >= 15 is 0 Å². The van der Waals surface area contributed by atoms with Gasteiger partial charge in [-0.15, -0.1) is 0 Å². The fraction of sp³-hybridized carbons (Fsp3) is 0.846. The Morgan fingerprint density at radius 2 is 1.71 bits per heavy atom. The quantitative estimate of drug-likeness (QED) is 0.724. The number of hydrogen-bond donors (Lipinski definition) is 0. The number of piperidine rings is 1. The average Bonchev–Trinajstić information content (AvgIpc) is 2.31. The Balaban J connectivity index is 2.35. The molecule has 0 saturated carbocycles. The molecule has 0 bridgehead atoms. The lowest BCUT2D eigenvalue weighted by Crippen LogP contribution is -2.44. The van der Waals surface area contributed by atoms with Crippen molar-refractivity contribution in [1.82, 2.24) is 9.80 Å². The largest absolute Gasteiger partial charge is 0.342 e. The van der Waals surface area contributed by atoms with E-state index < -0.39 is 0 Å². The Morgan fingerprint density at radius 1 is 1.18 bits per heavy atom. The maximum Gasteiger partial charge on any atom is 0.236 e. The molecule has 0 aliphatic carbocycles. The molecule has 1 aliphatic heterocycles. The molecular weight excluding hydrogens is 216 g/mol. The van der Waals surface area contributed by atoms with Gasteiger partial charge < -0.3 is 4.90 Å². The number of likely N-dealkylation sites (N-methyl/N-ethyl adjacent to an activating group) is 1. The number of ketones is 1. The van der Waals surface area contributed by atoms with Crippen LogP contribution in [-0.4, -0.2) is 54.2 Å². The molecule has 1 saturated heterocycles. The summed E-state index contributed by atoms with van der Waals surface area (Å²) in [6, 6.07) is 0. The van der Waals surface area contributed by atoms with E-state index in [1.807, 2.05) is 18.7 Å². The second-order valence-corrected chi connectivity index (χ2v) is 4.73. The van der Waals surface area contributed by atoms with Crippen molar-refractivity contribution in [3.05, 3.63) is 0 Å². The van der Waals surface area contributed by atoms with Gasteiger partial charge in [0.05, 0.1) is 6.54 Å². The summed E-state index contributed by atoms with van der Waals surface area (Å²) in [5.41, 5.74) is 0. The first-order chi connectivity index (χ1) is 8.08. The number of carbonyl (C=O) groups excluding carboxylic acids is 2. The van der Waals surface area contributed by atoms with E-state index in [-0.39, 0.29) is 11.8 Å². The van der Waals surface area contributed by atoms with Crippen LogP contribution in [0.4, 0.5) is 0 Å². The van der Waals surface area contributed by atoms with Gasteiger partial charge in [0.25, 0.3) is 0 Å². The summed E-state index contributed by atoms with van der Waals surface area (Å²) in [6.07, 6.45) is 1.81. The fourth-order valence-corrected chi connectivity index (χ4v) is 2.37. The van der Waals surface area contributed by atoms with Crippen molar-refractivity contribution in [3.8, 4) is 0 Å². The van der Waals surface area contributed by atoms with Crippen molar-refractivity contribution >= 4 is 11.7 Å². The zero-order valence-electron chi connectivity index (χ0n) is 11.2. The van der Waals surface area contributed by atoms with E-state index in [4.69, 9.17) is 0 Å². The van der Waals surface area contributed by atoms with Crippen LogP contribution in [-0.2, 0) is 9.59 Å². The van der Waals surface area contributed by atoms with Gasteiger partial charge in [0.2, 0.25) is 5.91 Å². The summed E-state index contributed by atoms with van der Waals surface area (Å²) >= 11 is 0. The molecule has 4 nitrogen and oxygen atoms in total. The van der Waals surface area contributed by atoms with Crippen LogP contribution < -0.4 is 0 Å². The van der Waals surface area contributed by atoms with Crippen LogP contribution in [0.5, 0.6) is 0 Å². The van der Waals surface area contributed by atoms with E-state index in [2.05, 4.69) is 4.90 Å². The topological polar surface area (TPSA) is 40.6 Å². The summed E-state index contributed by atoms with van der Waals surface area (Å²) in [7, 11) is 0. The zero-order chi connectivity index (χ0) is 12.8. The van der Waals surface area contributed by atoms with Crippen molar-refractivity contribution in [2.45, 2.75) is 33.6 Å². The van der Waals surface area contributed by atoms with E-state index in [0.29, 0.717) is 12.3 Å². The molecule has 17 heavy (non-hydrogen) atoms. The lowest BCUT2D eigenvalue weighted by atomic mass is 9.93. The number of Topliss-reactive ketones (excluding diaryl/α,β-unsaturated/α-hetero) is 1. The summed E-state index contributed by atoms with van der Waals surface area (Å²) in [4.78, 5) is 27.2. The average molecular weight is 240 g/mol. The molecule has 1 aliphatic rings. The lowest BCUT2D eigenvalue weighted by Gasteiger charge is -2.31. The first kappa shape index (κ1) is 14.2. The Bertz CT molecular complexity index is 267. The van der Waals surface area contributed by atoms with E-state index in [0.717, 1.165) is 39.0 Å². The monoisotopic (exact) mass is 240 g/mol. The summed E-state index contributed by atoms with van der Waals surface area (Å²) in [5, 5.41) is 0. The molecule has 98 valence electrons. The van der Waals surface area contributed by atoms with E-state index in [1.54, 1.807) is 6.92 Å². The number of likely N-dealkylation sites (tertiary alicyclic amines) is 1. The van der Waals surface area contributed by atoms with E-state index in [1.165, 1.54) is 0 Å². The van der Waals surface area contributed by atoms with Gasteiger partial charge in [-0.05, 0) is 46.7 Å². The number of hydrogen-bond acceptors (Lipinski definition) is 3. The summed E-state index contributed by atoms with van der Waals surface area (Å²) in [5.74, 6) is 0.714. The molecule has 1 rings (SSSR count). The molecule has 1 amide bonds. The molecule has 0 spiro atoms. The highest BCUT2D eigenvalue weighted by Crippen LogP contribution is 2.17. The standard InChI is InChI=1S/C13H24N2O2/c1-4-15(5-2)13(17)10-14-8-6-12(7-9-14)11(3)16/h12H,4-10H2,1-3H3. The third-order valence-electron chi connectivity index (χ3n) is 3.64. The molecule has 4 heteroatoms. The molecule has 0 atom stereocenters. The van der Waals surface area contributed by atoms with Crippen LogP contribution in [0.2, 0.25) is 0 Å². The van der Waals surface area contributed by atoms with Gasteiger partial charge in [-0.3, -0.25) is 14.5 Å². The minimum Gasteiger partial charge on any atom is -0.342 e. The molecule has 0 aromatic carbocycles. The first-order valence-corrected chi connectivity index (χ1v) is 6.59. The highest BCUT2D eigenvalue weighted by atomic mass is 16.2. The van der Waals surface area contributed by atoms with Crippen molar-refractivity contribution in [2.75, 3.05) is 32.7 Å². The van der Waals surface area contributed by atoms with Crippen LogP contribution in [0.3, 0.4) is 0 Å². The van der Waals surface area contributed by atoms with Crippen LogP contribution >= 0.6 is 0 Å². The van der Waals surface area contributed by atoms with Crippen LogP contribution in [0.15, 0.2) is 0 Å². The van der Waals surface area contributed by atoms with Crippen molar-refractivity contribution in [2.24, 2.45) is 5.92 Å². The van der Waals surface area contributed by atoms with Gasteiger partial charge in [0.15, 0.2) is 0 Å². The van der Waals surface area contributed by atoms with Gasteiger partial charge in [0, 0.05) is 19.0 Å². The molecule has 0 aromatic rings. The highest BCUT2D eigenvalue weighted by Gasteiger charge is 2.24. The normalized spacial score (nSPS) is 18.1. The summed E-state index contributed by atoms with van der Waals surface area (Å²) < 4.78 is 0. The second-order valence-electron chi connectivity index (χ2n) is 4.73. The molecule has 0 unspecified atom stereocenters. The molecule has 0 N–H and O–H groups in total.